The minimum Gasteiger partial charge on any atom is -0.465 e. The van der Waals surface area contributed by atoms with E-state index in [0.717, 1.165) is 23.5 Å². The summed E-state index contributed by atoms with van der Waals surface area (Å²) in [6.07, 6.45) is 0.896. The van der Waals surface area contributed by atoms with E-state index in [1.165, 1.54) is 40.5 Å². The molecular weight excluding hydrogens is 464 g/mol. The third kappa shape index (κ3) is 5.37. The van der Waals surface area contributed by atoms with Crippen molar-refractivity contribution in [3.63, 3.8) is 0 Å². The van der Waals surface area contributed by atoms with E-state index in [-0.39, 0.29) is 12.3 Å². The van der Waals surface area contributed by atoms with Crippen LogP contribution < -0.4 is 15.6 Å². The number of esters is 1. The van der Waals surface area contributed by atoms with E-state index in [1.807, 2.05) is 18.2 Å². The number of thioether (sulfide) groups is 1. The molecule has 4 rings (SSSR count). The number of fused-ring (bicyclic) bond motifs is 1. The quantitative estimate of drug-likeness (QED) is 0.284. The van der Waals surface area contributed by atoms with Gasteiger partial charge in [-0.15, -0.1) is 11.3 Å². The van der Waals surface area contributed by atoms with Gasteiger partial charge in [-0.1, -0.05) is 35.0 Å². The summed E-state index contributed by atoms with van der Waals surface area (Å²) >= 11 is 2.66. The zero-order valence-electron chi connectivity index (χ0n) is 18.4. The number of thiophene rings is 1. The van der Waals surface area contributed by atoms with Crippen LogP contribution in [0.1, 0.15) is 32.8 Å². The molecule has 1 amide bonds. The number of aromatic nitrogens is 2. The van der Waals surface area contributed by atoms with E-state index >= 15 is 0 Å². The molecule has 0 bridgehead atoms. The van der Waals surface area contributed by atoms with Crippen molar-refractivity contribution in [3.05, 3.63) is 62.3 Å². The Morgan fingerprint density at radius 1 is 1.33 bits per heavy atom. The molecule has 9 nitrogen and oxygen atoms in total. The Kier molecular flexibility index (Phi) is 7.31. The lowest BCUT2D eigenvalue weighted by Gasteiger charge is -2.27. The summed E-state index contributed by atoms with van der Waals surface area (Å²) in [6.45, 7) is 2.36. The molecule has 0 spiro atoms. The SMILES string of the molecule is COC(=O)c1c(NC(=O)CCSc2c(=O)o[nH][n+]2C)sc2c1CCN(Cc1ccccc1)C2. The number of benzene rings is 1. The summed E-state index contributed by atoms with van der Waals surface area (Å²) in [5.74, 6) is -0.271. The molecule has 0 radical (unpaired) electrons. The third-order valence-electron chi connectivity index (χ3n) is 5.35. The van der Waals surface area contributed by atoms with Crippen LogP contribution in [0.4, 0.5) is 5.00 Å². The van der Waals surface area contributed by atoms with Gasteiger partial charge in [-0.2, -0.15) is 0 Å². The lowest BCUT2D eigenvalue weighted by molar-refractivity contribution is -0.772. The summed E-state index contributed by atoms with van der Waals surface area (Å²) in [4.78, 5) is 40.1. The van der Waals surface area contributed by atoms with E-state index in [9.17, 15) is 14.4 Å². The molecule has 0 unspecified atom stereocenters. The lowest BCUT2D eigenvalue weighted by atomic mass is 10.0. The molecule has 33 heavy (non-hydrogen) atoms. The summed E-state index contributed by atoms with van der Waals surface area (Å²) in [5.41, 5.74) is 2.18. The number of hydrogen-bond donors (Lipinski definition) is 2. The van der Waals surface area contributed by atoms with Gasteiger partial charge in [0.05, 0.1) is 12.7 Å². The van der Waals surface area contributed by atoms with Crippen LogP contribution in [0.3, 0.4) is 0 Å². The molecule has 1 aliphatic heterocycles. The van der Waals surface area contributed by atoms with Crippen LogP contribution in [0.2, 0.25) is 0 Å². The molecule has 1 aliphatic rings. The molecule has 3 heterocycles. The molecule has 174 valence electrons. The molecule has 0 saturated carbocycles. The molecule has 2 N–H and O–H groups in total. The van der Waals surface area contributed by atoms with Gasteiger partial charge in [0, 0.05) is 36.7 Å². The number of ether oxygens (including phenoxy) is 1. The van der Waals surface area contributed by atoms with Crippen LogP contribution in [-0.2, 0) is 36.1 Å². The van der Waals surface area contributed by atoms with Crippen LogP contribution >= 0.6 is 23.1 Å². The van der Waals surface area contributed by atoms with Gasteiger partial charge in [-0.25, -0.2) is 9.59 Å². The highest BCUT2D eigenvalue weighted by molar-refractivity contribution is 7.99. The maximum absolute atomic E-state index is 12.6. The first-order valence-electron chi connectivity index (χ1n) is 10.5. The average Bonchev–Trinajstić information content (AvgIpc) is 3.32. The minimum absolute atomic E-state index is 0.179. The van der Waals surface area contributed by atoms with Gasteiger partial charge in [0.15, 0.2) is 7.05 Å². The van der Waals surface area contributed by atoms with E-state index in [4.69, 9.17) is 9.26 Å². The molecule has 0 saturated heterocycles. The van der Waals surface area contributed by atoms with Crippen molar-refractivity contribution in [2.24, 2.45) is 7.05 Å². The predicted octanol–water partition coefficient (Wildman–Crippen LogP) is 2.32. The third-order valence-corrected chi connectivity index (χ3v) is 7.60. The number of hydrogen-bond acceptors (Lipinski definition) is 8. The lowest BCUT2D eigenvalue weighted by Crippen LogP contribution is -2.33. The number of carbonyl (C=O) groups is 2. The number of aromatic amines is 1. The zero-order valence-corrected chi connectivity index (χ0v) is 20.0. The molecule has 1 aromatic carbocycles. The van der Waals surface area contributed by atoms with Crippen LogP contribution in [0.25, 0.3) is 0 Å². The number of H-pyrrole nitrogens is 1. The van der Waals surface area contributed by atoms with Crippen LogP contribution in [0.5, 0.6) is 0 Å². The number of methoxy groups -OCH3 is 1. The van der Waals surface area contributed by atoms with Gasteiger partial charge in [0.25, 0.3) is 0 Å². The highest BCUT2D eigenvalue weighted by Crippen LogP contribution is 2.38. The second kappa shape index (κ2) is 10.4. The van der Waals surface area contributed by atoms with Crippen molar-refractivity contribution in [1.29, 1.82) is 0 Å². The second-order valence-electron chi connectivity index (χ2n) is 7.64. The van der Waals surface area contributed by atoms with Crippen molar-refractivity contribution in [2.75, 3.05) is 24.7 Å². The standard InChI is InChI=1S/C22H24N4O5S2/c1-25-20(22(29)31-24-25)32-11-9-17(27)23-19-18(21(28)30-2)15-8-10-26(13-16(15)33-19)12-14-6-4-3-5-7-14/h3-7H,8-13H2,1-2H3,(H-,23,24,27,28,29)/p+1. The summed E-state index contributed by atoms with van der Waals surface area (Å²) in [5, 5.41) is 6.24. The fourth-order valence-corrected chi connectivity index (χ4v) is 5.92. The highest BCUT2D eigenvalue weighted by atomic mass is 32.2. The first kappa shape index (κ1) is 23.3. The topological polar surface area (TPSA) is 109 Å². The molecular formula is C22H25N4O5S2+. The molecule has 0 fully saturated rings. The van der Waals surface area contributed by atoms with Gasteiger partial charge in [-0.3, -0.25) is 14.2 Å². The minimum atomic E-state index is -0.470. The first-order chi connectivity index (χ1) is 16.0. The van der Waals surface area contributed by atoms with E-state index in [1.54, 1.807) is 7.05 Å². The number of carbonyl (C=O) groups excluding carboxylic acids is 2. The Morgan fingerprint density at radius 2 is 2.12 bits per heavy atom. The smallest absolute Gasteiger partial charge is 0.441 e. The fraction of sp³-hybridized carbons (Fsp3) is 0.364. The van der Waals surface area contributed by atoms with Crippen molar-refractivity contribution in [2.45, 2.75) is 31.0 Å². The number of anilines is 1. The number of rotatable bonds is 8. The number of nitrogens with zero attached hydrogens (tertiary/aromatic N) is 2. The van der Waals surface area contributed by atoms with Crippen molar-refractivity contribution >= 4 is 40.0 Å². The van der Waals surface area contributed by atoms with Gasteiger partial charge < -0.3 is 10.1 Å². The van der Waals surface area contributed by atoms with E-state index in [0.29, 0.717) is 34.3 Å². The van der Waals surface area contributed by atoms with E-state index < -0.39 is 11.6 Å². The number of aryl methyl sites for hydroxylation is 1. The number of nitrogens with one attached hydrogen (secondary N) is 2. The zero-order chi connectivity index (χ0) is 23.4. The molecule has 0 aliphatic carbocycles. The average molecular weight is 490 g/mol. The Hall–Kier alpha value is -2.89. The maximum atomic E-state index is 12.6. The van der Waals surface area contributed by atoms with E-state index in [2.05, 4.69) is 27.6 Å². The molecule has 3 aromatic rings. The fourth-order valence-electron chi connectivity index (χ4n) is 3.76. The van der Waals surface area contributed by atoms with Crippen molar-refractivity contribution in [1.82, 2.24) is 10.2 Å². The second-order valence-corrected chi connectivity index (χ2v) is 9.83. The molecule has 2 aromatic heterocycles. The monoisotopic (exact) mass is 489 g/mol. The maximum Gasteiger partial charge on any atom is 0.441 e. The van der Waals surface area contributed by atoms with Crippen LogP contribution in [-0.4, -0.2) is 41.5 Å². The Labute approximate surface area is 198 Å². The summed E-state index contributed by atoms with van der Waals surface area (Å²) in [7, 11) is 3.01. The highest BCUT2D eigenvalue weighted by Gasteiger charge is 2.29. The first-order valence-corrected chi connectivity index (χ1v) is 12.3. The van der Waals surface area contributed by atoms with Gasteiger partial charge in [-0.05, 0) is 34.6 Å². The molecule has 11 heteroatoms. The molecule has 0 atom stereocenters. The Bertz CT molecular complexity index is 1200. The summed E-state index contributed by atoms with van der Waals surface area (Å²) < 4.78 is 11.2. The van der Waals surface area contributed by atoms with Gasteiger partial charge in [0.2, 0.25) is 5.91 Å². The van der Waals surface area contributed by atoms with Crippen LogP contribution in [0, 0.1) is 0 Å². The Balaban J connectivity index is 1.44. The van der Waals surface area contributed by atoms with Crippen molar-refractivity contribution in [3.8, 4) is 0 Å². The Morgan fingerprint density at radius 3 is 2.82 bits per heavy atom. The normalized spacial score (nSPS) is 13.5. The predicted molar refractivity (Wildman–Crippen MR) is 124 cm³/mol. The number of amides is 1. The van der Waals surface area contributed by atoms with Crippen molar-refractivity contribution < 1.29 is 23.5 Å². The largest absolute Gasteiger partial charge is 0.465 e. The summed E-state index contributed by atoms with van der Waals surface area (Å²) in [6, 6.07) is 10.3. The van der Waals surface area contributed by atoms with Crippen LogP contribution in [0.15, 0.2) is 44.7 Å². The van der Waals surface area contributed by atoms with Gasteiger partial charge in [0.1, 0.15) is 5.00 Å². The van der Waals surface area contributed by atoms with Gasteiger partial charge >= 0.3 is 16.6 Å².